The molecule has 128 valence electrons. The number of ketones is 1. The molecule has 0 amide bonds. The van der Waals surface area contributed by atoms with E-state index in [0.29, 0.717) is 28.9 Å². The minimum atomic E-state index is -1.06. The number of aliphatic hydroxyl groups is 1. The SMILES string of the molecule is C=C(C)C(=O)O[C@@H]1C2=C(C)C(O)OC2=CC2=CC(=O)C[C@H](C)[C@]21C. The van der Waals surface area contributed by atoms with E-state index in [1.807, 2.05) is 13.8 Å². The van der Waals surface area contributed by atoms with Crippen LogP contribution in [0, 0.1) is 11.3 Å². The van der Waals surface area contributed by atoms with Gasteiger partial charge < -0.3 is 14.6 Å². The van der Waals surface area contributed by atoms with Gasteiger partial charge in [0.25, 0.3) is 0 Å². The molecular weight excluding hydrogens is 308 g/mol. The van der Waals surface area contributed by atoms with Crippen molar-refractivity contribution in [3.63, 3.8) is 0 Å². The van der Waals surface area contributed by atoms with Crippen LogP contribution < -0.4 is 0 Å². The summed E-state index contributed by atoms with van der Waals surface area (Å²) in [5, 5.41) is 10.1. The first-order valence-corrected chi connectivity index (χ1v) is 8.05. The smallest absolute Gasteiger partial charge is 0.333 e. The largest absolute Gasteiger partial charge is 0.461 e. The Labute approximate surface area is 141 Å². The number of rotatable bonds is 2. The molecule has 24 heavy (non-hydrogen) atoms. The summed E-state index contributed by atoms with van der Waals surface area (Å²) in [6, 6.07) is 0. The van der Waals surface area contributed by atoms with E-state index in [1.165, 1.54) is 0 Å². The van der Waals surface area contributed by atoms with Crippen LogP contribution in [0.25, 0.3) is 0 Å². The Morgan fingerprint density at radius 2 is 2.12 bits per heavy atom. The molecule has 5 heteroatoms. The molecule has 0 spiro atoms. The van der Waals surface area contributed by atoms with Crippen molar-refractivity contribution in [2.24, 2.45) is 11.3 Å². The first-order valence-electron chi connectivity index (χ1n) is 8.05. The zero-order chi connectivity index (χ0) is 17.8. The van der Waals surface area contributed by atoms with Gasteiger partial charge in [-0.3, -0.25) is 4.79 Å². The van der Waals surface area contributed by atoms with Gasteiger partial charge >= 0.3 is 5.97 Å². The zero-order valence-electron chi connectivity index (χ0n) is 14.4. The third-order valence-electron chi connectivity index (χ3n) is 5.44. The molecule has 0 aromatic rings. The van der Waals surface area contributed by atoms with Crippen molar-refractivity contribution >= 4 is 11.8 Å². The highest BCUT2D eigenvalue weighted by Crippen LogP contribution is 2.54. The Balaban J connectivity index is 2.19. The molecule has 1 N–H and O–H groups in total. The molecule has 1 unspecified atom stereocenters. The van der Waals surface area contributed by atoms with Crippen LogP contribution in [0.4, 0.5) is 0 Å². The second-order valence-corrected chi connectivity index (χ2v) is 7.10. The maximum absolute atomic E-state index is 12.2. The van der Waals surface area contributed by atoms with Crippen LogP contribution >= 0.6 is 0 Å². The molecule has 0 aromatic carbocycles. The lowest BCUT2D eigenvalue weighted by atomic mass is 9.59. The summed E-state index contributed by atoms with van der Waals surface area (Å²) in [6.07, 6.45) is 2.07. The van der Waals surface area contributed by atoms with Crippen LogP contribution in [0.5, 0.6) is 0 Å². The van der Waals surface area contributed by atoms with E-state index >= 15 is 0 Å². The first-order chi connectivity index (χ1) is 11.2. The summed E-state index contributed by atoms with van der Waals surface area (Å²) < 4.78 is 11.3. The van der Waals surface area contributed by atoms with Crippen molar-refractivity contribution in [1.29, 1.82) is 0 Å². The van der Waals surface area contributed by atoms with Crippen molar-refractivity contribution < 1.29 is 24.2 Å². The summed E-state index contributed by atoms with van der Waals surface area (Å²) in [5.74, 6) is -0.0129. The van der Waals surface area contributed by atoms with Crippen molar-refractivity contribution in [2.45, 2.75) is 46.5 Å². The summed E-state index contributed by atoms with van der Waals surface area (Å²) >= 11 is 0. The van der Waals surface area contributed by atoms with Crippen molar-refractivity contribution in [1.82, 2.24) is 0 Å². The molecule has 4 atom stereocenters. The summed E-state index contributed by atoms with van der Waals surface area (Å²) in [7, 11) is 0. The average Bonchev–Trinajstić information content (AvgIpc) is 2.76. The number of aliphatic hydroxyl groups excluding tert-OH is 1. The second-order valence-electron chi connectivity index (χ2n) is 7.10. The van der Waals surface area contributed by atoms with Crippen LogP contribution in [0.15, 0.2) is 46.8 Å². The van der Waals surface area contributed by atoms with Gasteiger partial charge in [-0.1, -0.05) is 20.4 Å². The minimum Gasteiger partial charge on any atom is -0.461 e. The van der Waals surface area contributed by atoms with Gasteiger partial charge in [0.2, 0.25) is 6.29 Å². The molecule has 1 heterocycles. The Kier molecular flexibility index (Phi) is 3.79. The molecule has 0 aromatic heterocycles. The lowest BCUT2D eigenvalue weighted by molar-refractivity contribution is -0.149. The Hall–Kier alpha value is -2.14. The van der Waals surface area contributed by atoms with E-state index in [9.17, 15) is 14.7 Å². The Morgan fingerprint density at radius 3 is 2.75 bits per heavy atom. The van der Waals surface area contributed by atoms with Crippen molar-refractivity contribution in [3.8, 4) is 0 Å². The lowest BCUT2D eigenvalue weighted by Crippen LogP contribution is -2.48. The van der Waals surface area contributed by atoms with Gasteiger partial charge in [0, 0.05) is 28.6 Å². The standard InChI is InChI=1S/C19H22O5/c1-9(2)17(21)24-16-15-11(4)18(22)23-14(15)8-12-7-13(20)6-10(3)19(12,16)5/h7-8,10,16,18,22H,1,6H2,2-5H3/t10-,16+,18?,19+/m0/s1. The van der Waals surface area contributed by atoms with Gasteiger partial charge in [0.15, 0.2) is 5.78 Å². The number of hydrogen-bond acceptors (Lipinski definition) is 5. The van der Waals surface area contributed by atoms with Crippen LogP contribution in [-0.2, 0) is 19.1 Å². The van der Waals surface area contributed by atoms with E-state index in [0.717, 1.165) is 5.57 Å². The molecule has 0 fully saturated rings. The quantitative estimate of drug-likeness (QED) is 0.622. The fourth-order valence-electron chi connectivity index (χ4n) is 3.67. The predicted molar refractivity (Wildman–Crippen MR) is 87.5 cm³/mol. The average molecular weight is 330 g/mol. The molecule has 3 rings (SSSR count). The Bertz CT molecular complexity index is 739. The molecule has 0 bridgehead atoms. The van der Waals surface area contributed by atoms with E-state index in [2.05, 4.69) is 6.58 Å². The van der Waals surface area contributed by atoms with Crippen molar-refractivity contribution in [3.05, 3.63) is 46.8 Å². The van der Waals surface area contributed by atoms with Gasteiger partial charge in [-0.2, -0.15) is 0 Å². The fraction of sp³-hybridized carbons (Fsp3) is 0.474. The van der Waals surface area contributed by atoms with E-state index in [-0.39, 0.29) is 11.7 Å². The van der Waals surface area contributed by atoms with Gasteiger partial charge in [-0.25, -0.2) is 4.79 Å². The Morgan fingerprint density at radius 1 is 1.46 bits per heavy atom. The number of carbonyl (C=O) groups excluding carboxylic acids is 2. The molecule has 2 aliphatic carbocycles. The molecule has 3 aliphatic rings. The number of ether oxygens (including phenoxy) is 2. The predicted octanol–water partition coefficient (Wildman–Crippen LogP) is 2.58. The van der Waals surface area contributed by atoms with Crippen molar-refractivity contribution in [2.75, 3.05) is 0 Å². The molecular formula is C19H22O5. The number of hydrogen-bond donors (Lipinski definition) is 1. The normalized spacial score (nSPS) is 34.7. The maximum Gasteiger partial charge on any atom is 0.333 e. The number of esters is 1. The second kappa shape index (κ2) is 5.45. The maximum atomic E-state index is 12.2. The van der Waals surface area contributed by atoms with E-state index < -0.39 is 23.8 Å². The highest BCUT2D eigenvalue weighted by Gasteiger charge is 2.54. The molecule has 5 nitrogen and oxygen atoms in total. The summed E-state index contributed by atoms with van der Waals surface area (Å²) in [5.41, 5.74) is 1.83. The summed E-state index contributed by atoms with van der Waals surface area (Å²) in [4.78, 5) is 24.2. The highest BCUT2D eigenvalue weighted by atomic mass is 16.6. The first kappa shape index (κ1) is 16.7. The van der Waals surface area contributed by atoms with E-state index in [4.69, 9.17) is 9.47 Å². The lowest BCUT2D eigenvalue weighted by Gasteiger charge is -2.47. The fourth-order valence-corrected chi connectivity index (χ4v) is 3.67. The van der Waals surface area contributed by atoms with Gasteiger partial charge in [-0.05, 0) is 37.5 Å². The van der Waals surface area contributed by atoms with Crippen LogP contribution in [0.3, 0.4) is 0 Å². The third kappa shape index (κ3) is 2.26. The van der Waals surface area contributed by atoms with E-state index in [1.54, 1.807) is 26.0 Å². The monoisotopic (exact) mass is 330 g/mol. The number of allylic oxidation sites excluding steroid dienone is 2. The molecule has 1 aliphatic heterocycles. The highest BCUT2D eigenvalue weighted by molar-refractivity contribution is 5.93. The molecule has 0 saturated heterocycles. The van der Waals surface area contributed by atoms with Crippen LogP contribution in [-0.4, -0.2) is 29.3 Å². The number of fused-ring (bicyclic) bond motifs is 2. The van der Waals surface area contributed by atoms with Gasteiger partial charge in [0.05, 0.1) is 0 Å². The van der Waals surface area contributed by atoms with Crippen LogP contribution in [0.2, 0.25) is 0 Å². The van der Waals surface area contributed by atoms with Gasteiger partial charge in [0.1, 0.15) is 11.9 Å². The zero-order valence-corrected chi connectivity index (χ0v) is 14.4. The van der Waals surface area contributed by atoms with Crippen LogP contribution in [0.1, 0.15) is 34.1 Å². The summed E-state index contributed by atoms with van der Waals surface area (Å²) in [6.45, 7) is 11.0. The third-order valence-corrected chi connectivity index (χ3v) is 5.44. The topological polar surface area (TPSA) is 72.8 Å². The molecule has 0 saturated carbocycles. The minimum absolute atomic E-state index is 0.0243. The van der Waals surface area contributed by atoms with Gasteiger partial charge in [-0.15, -0.1) is 0 Å². The molecule has 0 radical (unpaired) electrons. The number of carbonyl (C=O) groups is 2.